The van der Waals surface area contributed by atoms with Gasteiger partial charge in [0.1, 0.15) is 0 Å². The monoisotopic (exact) mass is 486 g/mol. The van der Waals surface area contributed by atoms with Gasteiger partial charge in [0.25, 0.3) is 0 Å². The number of fused-ring (bicyclic) bond motifs is 1. The first kappa shape index (κ1) is 18.0. The molecule has 0 spiro atoms. The van der Waals surface area contributed by atoms with Crippen LogP contribution in [-0.4, -0.2) is 50.6 Å². The van der Waals surface area contributed by atoms with Gasteiger partial charge in [0.05, 0.1) is 4.90 Å². The zero-order valence-electron chi connectivity index (χ0n) is 14.1. The summed E-state index contributed by atoms with van der Waals surface area (Å²) in [4.78, 5) is 2.62. The number of piperazine rings is 1. The standard InChI is InChI=1S/C18H19IN2O4S/c19-15-2-4-16(5-3-15)26(22,23)21-9-7-20(8-10-21)12-14-1-6-17-18(11-14)25-13-24-17/h1-6,11H,7-10,12-13H2. The van der Waals surface area contributed by atoms with Crippen LogP contribution < -0.4 is 9.47 Å². The van der Waals surface area contributed by atoms with Gasteiger partial charge in [-0.2, -0.15) is 4.31 Å². The number of halogens is 1. The lowest BCUT2D eigenvalue weighted by Crippen LogP contribution is -2.48. The highest BCUT2D eigenvalue weighted by Gasteiger charge is 2.28. The highest BCUT2D eigenvalue weighted by molar-refractivity contribution is 14.1. The van der Waals surface area contributed by atoms with Crippen molar-refractivity contribution in [2.75, 3.05) is 33.0 Å². The van der Waals surface area contributed by atoms with Crippen molar-refractivity contribution in [2.24, 2.45) is 0 Å². The van der Waals surface area contributed by atoms with E-state index in [0.717, 1.165) is 27.2 Å². The molecule has 8 heteroatoms. The maximum absolute atomic E-state index is 12.8. The van der Waals surface area contributed by atoms with Crippen LogP contribution in [0.15, 0.2) is 47.4 Å². The summed E-state index contributed by atoms with van der Waals surface area (Å²) in [5.41, 5.74) is 1.14. The Morgan fingerprint density at radius 2 is 1.62 bits per heavy atom. The van der Waals surface area contributed by atoms with Crippen LogP contribution in [0.4, 0.5) is 0 Å². The zero-order chi connectivity index (χ0) is 18.1. The van der Waals surface area contributed by atoms with Gasteiger partial charge in [-0.3, -0.25) is 4.90 Å². The Bertz CT molecular complexity index is 894. The lowest BCUT2D eigenvalue weighted by Gasteiger charge is -2.34. The van der Waals surface area contributed by atoms with Gasteiger partial charge in [0.2, 0.25) is 16.8 Å². The van der Waals surface area contributed by atoms with Crippen molar-refractivity contribution in [1.29, 1.82) is 0 Å². The summed E-state index contributed by atoms with van der Waals surface area (Å²) in [7, 11) is -3.42. The number of sulfonamides is 1. The second kappa shape index (κ2) is 7.34. The minimum Gasteiger partial charge on any atom is -0.454 e. The second-order valence-corrected chi connectivity index (χ2v) is 9.51. The van der Waals surface area contributed by atoms with Crippen molar-refractivity contribution >= 4 is 32.6 Å². The first-order valence-corrected chi connectivity index (χ1v) is 10.9. The number of rotatable bonds is 4. The van der Waals surface area contributed by atoms with E-state index in [2.05, 4.69) is 27.5 Å². The van der Waals surface area contributed by atoms with Gasteiger partial charge in [-0.25, -0.2) is 8.42 Å². The highest BCUT2D eigenvalue weighted by atomic mass is 127. The predicted molar refractivity (Wildman–Crippen MR) is 106 cm³/mol. The Hall–Kier alpha value is -1.36. The minimum absolute atomic E-state index is 0.272. The quantitative estimate of drug-likeness (QED) is 0.622. The molecule has 0 amide bonds. The van der Waals surface area contributed by atoms with E-state index in [4.69, 9.17) is 9.47 Å². The van der Waals surface area contributed by atoms with Gasteiger partial charge in [0.15, 0.2) is 11.5 Å². The number of ether oxygens (including phenoxy) is 2. The molecular weight excluding hydrogens is 467 g/mol. The summed E-state index contributed by atoms with van der Waals surface area (Å²) < 4.78 is 38.9. The Morgan fingerprint density at radius 1 is 0.923 bits per heavy atom. The summed E-state index contributed by atoms with van der Waals surface area (Å²) in [6, 6.07) is 13.0. The Morgan fingerprint density at radius 3 is 2.35 bits per heavy atom. The summed E-state index contributed by atoms with van der Waals surface area (Å²) in [5.74, 6) is 1.56. The van der Waals surface area contributed by atoms with Crippen LogP contribution in [0.1, 0.15) is 5.56 Å². The van der Waals surface area contributed by atoms with Gasteiger partial charge >= 0.3 is 0 Å². The number of nitrogens with zero attached hydrogens (tertiary/aromatic N) is 2. The van der Waals surface area contributed by atoms with Crippen LogP contribution in [0.2, 0.25) is 0 Å². The molecule has 2 aromatic rings. The molecule has 0 bridgehead atoms. The van der Waals surface area contributed by atoms with Crippen LogP contribution in [-0.2, 0) is 16.6 Å². The van der Waals surface area contributed by atoms with Gasteiger partial charge < -0.3 is 9.47 Å². The fraction of sp³-hybridized carbons (Fsp3) is 0.333. The van der Waals surface area contributed by atoms with Crippen molar-refractivity contribution in [3.05, 3.63) is 51.6 Å². The summed E-state index contributed by atoms with van der Waals surface area (Å²) in [5, 5.41) is 0. The van der Waals surface area contributed by atoms with Crippen LogP contribution in [0.3, 0.4) is 0 Å². The van der Waals surface area contributed by atoms with Gasteiger partial charge in [-0.05, 0) is 64.6 Å². The van der Waals surface area contributed by atoms with Gasteiger partial charge in [0, 0.05) is 36.3 Å². The lowest BCUT2D eigenvalue weighted by atomic mass is 10.2. The molecule has 6 nitrogen and oxygen atoms in total. The predicted octanol–water partition coefficient (Wildman–Crippen LogP) is 2.53. The second-order valence-electron chi connectivity index (χ2n) is 6.32. The van der Waals surface area contributed by atoms with Gasteiger partial charge in [-0.1, -0.05) is 6.07 Å². The molecule has 1 saturated heterocycles. The van der Waals surface area contributed by atoms with E-state index in [9.17, 15) is 8.42 Å². The third-order valence-electron chi connectivity index (χ3n) is 4.63. The van der Waals surface area contributed by atoms with Crippen molar-refractivity contribution in [2.45, 2.75) is 11.4 Å². The smallest absolute Gasteiger partial charge is 0.243 e. The molecule has 0 radical (unpaired) electrons. The first-order valence-electron chi connectivity index (χ1n) is 8.39. The molecule has 0 aromatic heterocycles. The van der Waals surface area contributed by atoms with E-state index in [1.807, 2.05) is 30.3 Å². The third kappa shape index (κ3) is 3.68. The molecule has 0 unspecified atom stereocenters. The van der Waals surface area contributed by atoms with E-state index in [-0.39, 0.29) is 6.79 Å². The molecular formula is C18H19IN2O4S. The van der Waals surface area contributed by atoms with Crippen LogP contribution in [0, 0.1) is 3.57 Å². The molecule has 2 aromatic carbocycles. The maximum Gasteiger partial charge on any atom is 0.243 e. The lowest BCUT2D eigenvalue weighted by molar-refractivity contribution is 0.173. The van der Waals surface area contributed by atoms with E-state index in [1.165, 1.54) is 0 Å². The molecule has 26 heavy (non-hydrogen) atoms. The average Bonchev–Trinajstić information content (AvgIpc) is 3.10. The topological polar surface area (TPSA) is 59.1 Å². The largest absolute Gasteiger partial charge is 0.454 e. The molecule has 2 aliphatic rings. The Labute approximate surface area is 166 Å². The summed E-state index contributed by atoms with van der Waals surface area (Å²) in [6.07, 6.45) is 0. The normalized spacial score (nSPS) is 18.2. The van der Waals surface area contributed by atoms with Crippen LogP contribution >= 0.6 is 22.6 Å². The van der Waals surface area contributed by atoms with E-state index < -0.39 is 10.0 Å². The molecule has 2 heterocycles. The fourth-order valence-corrected chi connectivity index (χ4v) is 4.96. The van der Waals surface area contributed by atoms with Crippen molar-refractivity contribution in [3.63, 3.8) is 0 Å². The molecule has 0 atom stereocenters. The fourth-order valence-electron chi connectivity index (χ4n) is 3.18. The van der Waals surface area contributed by atoms with Crippen LogP contribution in [0.25, 0.3) is 0 Å². The van der Waals surface area contributed by atoms with E-state index in [1.54, 1.807) is 16.4 Å². The SMILES string of the molecule is O=S(=O)(c1ccc(I)cc1)N1CCN(Cc2ccc3c(c2)OCO3)CC1. The van der Waals surface area contributed by atoms with E-state index in [0.29, 0.717) is 31.1 Å². The number of benzene rings is 2. The molecule has 138 valence electrons. The van der Waals surface area contributed by atoms with Crippen molar-refractivity contribution in [1.82, 2.24) is 9.21 Å². The molecule has 2 aliphatic heterocycles. The number of hydrogen-bond acceptors (Lipinski definition) is 5. The molecule has 0 saturated carbocycles. The summed E-state index contributed by atoms with van der Waals surface area (Å²) >= 11 is 2.17. The Balaban J connectivity index is 1.38. The van der Waals surface area contributed by atoms with Crippen molar-refractivity contribution in [3.8, 4) is 11.5 Å². The van der Waals surface area contributed by atoms with Crippen LogP contribution in [0.5, 0.6) is 11.5 Å². The van der Waals surface area contributed by atoms with Gasteiger partial charge in [-0.15, -0.1) is 0 Å². The highest BCUT2D eigenvalue weighted by Crippen LogP contribution is 2.33. The summed E-state index contributed by atoms with van der Waals surface area (Å²) in [6.45, 7) is 3.45. The molecule has 0 N–H and O–H groups in total. The molecule has 1 fully saturated rings. The third-order valence-corrected chi connectivity index (χ3v) is 7.26. The first-order chi connectivity index (χ1) is 12.5. The average molecular weight is 486 g/mol. The maximum atomic E-state index is 12.8. The molecule has 4 rings (SSSR count). The minimum atomic E-state index is -3.42. The number of hydrogen-bond donors (Lipinski definition) is 0. The molecule has 0 aliphatic carbocycles. The zero-order valence-corrected chi connectivity index (χ0v) is 17.1. The van der Waals surface area contributed by atoms with Crippen molar-refractivity contribution < 1.29 is 17.9 Å². The van der Waals surface area contributed by atoms with E-state index >= 15 is 0 Å². The Kier molecular flexibility index (Phi) is 5.09.